The largest absolute Gasteiger partial charge is 0.449 e. The minimum Gasteiger partial charge on any atom is -0.449 e. The second-order valence-corrected chi connectivity index (χ2v) is 8.66. The Kier molecular flexibility index (Phi) is 7.62. The van der Waals surface area contributed by atoms with Crippen molar-refractivity contribution in [1.29, 1.82) is 0 Å². The van der Waals surface area contributed by atoms with Crippen LogP contribution in [0.2, 0.25) is 0 Å². The Bertz CT molecular complexity index is 1050. The Morgan fingerprint density at radius 2 is 1.82 bits per heavy atom. The molecule has 2 aromatic carbocycles. The molecule has 176 valence electrons. The van der Waals surface area contributed by atoms with Gasteiger partial charge in [0.2, 0.25) is 0 Å². The molecule has 33 heavy (non-hydrogen) atoms. The number of nitrogens with zero attached hydrogens (tertiary/aromatic N) is 1. The molecule has 1 fully saturated rings. The van der Waals surface area contributed by atoms with E-state index in [1.165, 1.54) is 19.1 Å². The number of amides is 1. The van der Waals surface area contributed by atoms with Gasteiger partial charge in [0.1, 0.15) is 0 Å². The standard InChI is InChI=1S/C22H21F3N2O5S/c1-13(20(28)26-15-6-2-3-7-15)32-21(29)16-8-4-5-9-18(16)33-19-11-10-14(22(23,24)25)12-17(19)27(30)31/h4-5,8-13,15H,2-3,6-7H2,1H3,(H,26,28)/t13-/m0/s1. The molecule has 1 saturated carbocycles. The van der Waals surface area contributed by atoms with Gasteiger partial charge in [0, 0.05) is 17.0 Å². The minimum absolute atomic E-state index is 0.0391. The van der Waals surface area contributed by atoms with Crippen LogP contribution < -0.4 is 5.32 Å². The second kappa shape index (κ2) is 10.2. The Balaban J connectivity index is 1.78. The molecule has 0 heterocycles. The lowest BCUT2D eigenvalue weighted by molar-refractivity contribution is -0.388. The molecule has 0 radical (unpaired) electrons. The van der Waals surface area contributed by atoms with Crippen molar-refractivity contribution in [2.75, 3.05) is 0 Å². The third-order valence-corrected chi connectivity index (χ3v) is 6.31. The lowest BCUT2D eigenvalue weighted by Gasteiger charge is -2.18. The van der Waals surface area contributed by atoms with Crippen LogP contribution in [0, 0.1) is 10.1 Å². The first kappa shape index (κ1) is 24.6. The smallest absolute Gasteiger partial charge is 0.416 e. The van der Waals surface area contributed by atoms with Gasteiger partial charge in [-0.05, 0) is 44.0 Å². The van der Waals surface area contributed by atoms with E-state index < -0.39 is 40.3 Å². The van der Waals surface area contributed by atoms with Gasteiger partial charge >= 0.3 is 12.1 Å². The fraction of sp³-hybridized carbons (Fsp3) is 0.364. The SMILES string of the molecule is C[C@H](OC(=O)c1ccccc1Sc1ccc(C(F)(F)F)cc1[N+](=O)[O-])C(=O)NC1CCCC1. The molecule has 3 rings (SSSR count). The molecule has 1 amide bonds. The molecule has 7 nitrogen and oxygen atoms in total. The number of nitro groups is 1. The highest BCUT2D eigenvalue weighted by molar-refractivity contribution is 7.99. The van der Waals surface area contributed by atoms with E-state index in [0.29, 0.717) is 6.07 Å². The monoisotopic (exact) mass is 482 g/mol. The van der Waals surface area contributed by atoms with Crippen LogP contribution in [0.25, 0.3) is 0 Å². The van der Waals surface area contributed by atoms with E-state index in [9.17, 15) is 32.9 Å². The summed E-state index contributed by atoms with van der Waals surface area (Å²) < 4.78 is 44.1. The van der Waals surface area contributed by atoms with E-state index >= 15 is 0 Å². The van der Waals surface area contributed by atoms with Gasteiger partial charge < -0.3 is 10.1 Å². The first-order valence-electron chi connectivity index (χ1n) is 10.2. The van der Waals surface area contributed by atoms with E-state index in [1.54, 1.807) is 12.1 Å². The molecule has 1 N–H and O–H groups in total. The Labute approximate surface area is 191 Å². The zero-order valence-corrected chi connectivity index (χ0v) is 18.4. The topological polar surface area (TPSA) is 98.5 Å². The average molecular weight is 482 g/mol. The Hall–Kier alpha value is -3.08. The van der Waals surface area contributed by atoms with Gasteiger partial charge in [-0.2, -0.15) is 13.2 Å². The van der Waals surface area contributed by atoms with Crippen molar-refractivity contribution < 1.29 is 32.4 Å². The molecule has 0 aliphatic heterocycles. The Morgan fingerprint density at radius 3 is 2.45 bits per heavy atom. The third-order valence-electron chi connectivity index (χ3n) is 5.16. The number of ether oxygens (including phenoxy) is 1. The predicted molar refractivity (Wildman–Crippen MR) is 114 cm³/mol. The molecule has 2 aromatic rings. The van der Waals surface area contributed by atoms with E-state index in [4.69, 9.17) is 4.74 Å². The predicted octanol–water partition coefficient (Wildman–Crippen LogP) is 5.37. The van der Waals surface area contributed by atoms with Crippen LogP contribution in [0.5, 0.6) is 0 Å². The number of alkyl halides is 3. The van der Waals surface area contributed by atoms with E-state index in [0.717, 1.165) is 49.6 Å². The molecule has 11 heteroatoms. The molecule has 1 aliphatic rings. The lowest BCUT2D eigenvalue weighted by atomic mass is 10.2. The summed E-state index contributed by atoms with van der Waals surface area (Å²) in [7, 11) is 0. The molecule has 0 saturated heterocycles. The fourth-order valence-electron chi connectivity index (χ4n) is 3.43. The van der Waals surface area contributed by atoms with Crippen molar-refractivity contribution in [3.63, 3.8) is 0 Å². The summed E-state index contributed by atoms with van der Waals surface area (Å²) >= 11 is 0.768. The van der Waals surface area contributed by atoms with Gasteiger partial charge in [-0.1, -0.05) is 36.7 Å². The van der Waals surface area contributed by atoms with Crippen LogP contribution >= 0.6 is 11.8 Å². The van der Waals surface area contributed by atoms with Crippen molar-refractivity contribution in [3.8, 4) is 0 Å². The van der Waals surface area contributed by atoms with Crippen LogP contribution in [0.3, 0.4) is 0 Å². The van der Waals surface area contributed by atoms with Gasteiger partial charge in [-0.25, -0.2) is 4.79 Å². The first-order valence-corrected chi connectivity index (χ1v) is 11.0. The number of hydrogen-bond donors (Lipinski definition) is 1. The van der Waals surface area contributed by atoms with Gasteiger partial charge in [0.15, 0.2) is 6.10 Å². The van der Waals surface area contributed by atoms with Crippen molar-refractivity contribution >= 4 is 29.3 Å². The highest BCUT2D eigenvalue weighted by Crippen LogP contribution is 2.40. The van der Waals surface area contributed by atoms with Crippen LogP contribution in [0.1, 0.15) is 48.5 Å². The van der Waals surface area contributed by atoms with Gasteiger partial charge in [-0.15, -0.1) is 0 Å². The number of nitrogens with one attached hydrogen (secondary N) is 1. The molecular formula is C22H21F3N2O5S. The quantitative estimate of drug-likeness (QED) is 0.324. The molecule has 0 spiro atoms. The number of hydrogen-bond acceptors (Lipinski definition) is 6. The van der Waals surface area contributed by atoms with Gasteiger partial charge in [0.05, 0.1) is 20.9 Å². The lowest BCUT2D eigenvalue weighted by Crippen LogP contribution is -2.40. The zero-order chi connectivity index (χ0) is 24.2. The molecule has 0 bridgehead atoms. The highest BCUT2D eigenvalue weighted by Gasteiger charge is 2.33. The Morgan fingerprint density at radius 1 is 1.15 bits per heavy atom. The summed E-state index contributed by atoms with van der Waals surface area (Å²) in [5.41, 5.74) is -1.84. The van der Waals surface area contributed by atoms with Crippen molar-refractivity contribution in [1.82, 2.24) is 5.32 Å². The number of esters is 1. The summed E-state index contributed by atoms with van der Waals surface area (Å²) in [5, 5.41) is 14.2. The maximum absolute atomic E-state index is 13.0. The second-order valence-electron chi connectivity index (χ2n) is 7.57. The first-order chi connectivity index (χ1) is 15.6. The van der Waals surface area contributed by atoms with Crippen LogP contribution in [0.4, 0.5) is 18.9 Å². The molecule has 0 unspecified atom stereocenters. The zero-order valence-electron chi connectivity index (χ0n) is 17.6. The number of benzene rings is 2. The van der Waals surface area contributed by atoms with Crippen LogP contribution in [-0.2, 0) is 15.7 Å². The fourth-order valence-corrected chi connectivity index (χ4v) is 4.45. The van der Waals surface area contributed by atoms with E-state index in [2.05, 4.69) is 5.32 Å². The number of nitro benzene ring substituents is 1. The summed E-state index contributed by atoms with van der Waals surface area (Å²) in [6, 6.07) is 8.28. The number of rotatable bonds is 7. The van der Waals surface area contributed by atoms with Crippen LogP contribution in [0.15, 0.2) is 52.3 Å². The highest BCUT2D eigenvalue weighted by atomic mass is 32.2. The van der Waals surface area contributed by atoms with Crippen molar-refractivity contribution in [2.24, 2.45) is 0 Å². The molecule has 1 atom stereocenters. The number of carbonyl (C=O) groups is 2. The molecule has 1 aliphatic carbocycles. The van der Waals surface area contributed by atoms with Gasteiger partial charge in [-0.3, -0.25) is 14.9 Å². The van der Waals surface area contributed by atoms with Crippen molar-refractivity contribution in [3.05, 3.63) is 63.7 Å². The molecule has 0 aromatic heterocycles. The van der Waals surface area contributed by atoms with E-state index in [-0.39, 0.29) is 21.4 Å². The summed E-state index contributed by atoms with van der Waals surface area (Å²) in [6.45, 7) is 1.44. The maximum atomic E-state index is 13.0. The normalized spacial score (nSPS) is 15.2. The third kappa shape index (κ3) is 6.25. The maximum Gasteiger partial charge on any atom is 0.416 e. The number of carbonyl (C=O) groups excluding carboxylic acids is 2. The summed E-state index contributed by atoms with van der Waals surface area (Å²) in [4.78, 5) is 35.7. The number of halogens is 3. The van der Waals surface area contributed by atoms with E-state index in [1.807, 2.05) is 0 Å². The minimum atomic E-state index is -4.73. The molecular weight excluding hydrogens is 461 g/mol. The average Bonchev–Trinajstić information content (AvgIpc) is 3.26. The summed E-state index contributed by atoms with van der Waals surface area (Å²) in [5.74, 6) is -1.24. The summed E-state index contributed by atoms with van der Waals surface area (Å²) in [6.07, 6.45) is -1.99. The van der Waals surface area contributed by atoms with Crippen molar-refractivity contribution in [2.45, 2.75) is 60.7 Å². The van der Waals surface area contributed by atoms with Gasteiger partial charge in [0.25, 0.3) is 11.6 Å². The van der Waals surface area contributed by atoms with Crippen LogP contribution in [-0.4, -0.2) is 28.9 Å².